The van der Waals surface area contributed by atoms with Crippen molar-refractivity contribution in [1.82, 2.24) is 10.6 Å². The molecular formula is C21H24N4O3. The first-order valence-electron chi connectivity index (χ1n) is 8.97. The van der Waals surface area contributed by atoms with E-state index in [0.717, 1.165) is 17.3 Å². The minimum atomic E-state index is -1.22. The predicted molar refractivity (Wildman–Crippen MR) is 107 cm³/mol. The van der Waals surface area contributed by atoms with Crippen LogP contribution in [0, 0.1) is 5.41 Å². The van der Waals surface area contributed by atoms with Gasteiger partial charge in [-0.05, 0) is 17.5 Å². The van der Waals surface area contributed by atoms with Gasteiger partial charge in [-0.3, -0.25) is 14.4 Å². The van der Waals surface area contributed by atoms with Crippen LogP contribution in [0.1, 0.15) is 17.5 Å². The number of nitrogens with two attached hydrogens (primary N) is 1. The van der Waals surface area contributed by atoms with Crippen LogP contribution in [0.2, 0.25) is 0 Å². The summed E-state index contributed by atoms with van der Waals surface area (Å²) in [6.07, 6.45) is 1.80. The molecule has 7 heteroatoms. The van der Waals surface area contributed by atoms with Crippen LogP contribution in [0.15, 0.2) is 60.7 Å². The first kappa shape index (κ1) is 20.8. The Kier molecular flexibility index (Phi) is 7.90. The van der Waals surface area contributed by atoms with Gasteiger partial charge >= 0.3 is 0 Å². The summed E-state index contributed by atoms with van der Waals surface area (Å²) in [6, 6.07) is 16.7. The summed E-state index contributed by atoms with van der Waals surface area (Å²) in [5.41, 5.74) is 7.05. The molecule has 3 amide bonds. The fraction of sp³-hybridized carbons (Fsp3) is 0.238. The number of rotatable bonds is 10. The van der Waals surface area contributed by atoms with Gasteiger partial charge < -0.3 is 21.8 Å². The van der Waals surface area contributed by atoms with Gasteiger partial charge in [0, 0.05) is 19.1 Å². The van der Waals surface area contributed by atoms with Gasteiger partial charge in [-0.15, -0.1) is 0 Å². The summed E-state index contributed by atoms with van der Waals surface area (Å²) in [6.45, 7) is 0. The van der Waals surface area contributed by atoms with E-state index in [1.165, 1.54) is 0 Å². The van der Waals surface area contributed by atoms with E-state index in [0.29, 0.717) is 6.42 Å². The third kappa shape index (κ3) is 6.68. The number of amides is 3. The minimum Gasteiger partial charge on any atom is -0.368 e. The maximum Gasteiger partial charge on any atom is 0.245 e. The maximum absolute atomic E-state index is 12.6. The number of nitrogens with one attached hydrogen (secondary N) is 3. The first-order valence-corrected chi connectivity index (χ1v) is 8.97. The standard InChI is InChI=1S/C21H24N4O3/c22-14-18(20(23)27)25-21(28)17(13-16-9-5-2-6-10-16)24-19(26)12-11-15-7-3-1-4-8-15/h1-10,14,17-18,22H,11-13H2,(H2,23,27)(H,24,26)(H,25,28)/t17-,18?/m0/s1. The third-order valence-electron chi connectivity index (χ3n) is 4.19. The Morgan fingerprint density at radius 1 is 0.929 bits per heavy atom. The zero-order valence-corrected chi connectivity index (χ0v) is 15.4. The SMILES string of the molecule is N=CC(NC(=O)[C@H](Cc1ccccc1)NC(=O)CCc1ccccc1)C(N)=O. The molecule has 2 aromatic carbocycles. The van der Waals surface area contributed by atoms with Crippen LogP contribution in [0.4, 0.5) is 0 Å². The molecule has 5 N–H and O–H groups in total. The number of hydrogen-bond donors (Lipinski definition) is 4. The Bertz CT molecular complexity index is 809. The number of carbonyl (C=O) groups is 3. The van der Waals surface area contributed by atoms with Gasteiger partial charge in [0.25, 0.3) is 0 Å². The molecule has 2 rings (SSSR count). The molecule has 0 saturated carbocycles. The fourth-order valence-corrected chi connectivity index (χ4v) is 2.68. The number of benzene rings is 2. The van der Waals surface area contributed by atoms with Crippen molar-refractivity contribution >= 4 is 23.9 Å². The van der Waals surface area contributed by atoms with E-state index in [1.807, 2.05) is 60.7 Å². The van der Waals surface area contributed by atoms with Gasteiger partial charge in [-0.2, -0.15) is 0 Å². The van der Waals surface area contributed by atoms with Crippen molar-refractivity contribution in [3.05, 3.63) is 71.8 Å². The average molecular weight is 380 g/mol. The molecule has 1 unspecified atom stereocenters. The van der Waals surface area contributed by atoms with Crippen LogP contribution >= 0.6 is 0 Å². The molecular weight excluding hydrogens is 356 g/mol. The summed E-state index contributed by atoms with van der Waals surface area (Å²) in [4.78, 5) is 36.3. The van der Waals surface area contributed by atoms with E-state index in [4.69, 9.17) is 11.1 Å². The van der Waals surface area contributed by atoms with Crippen molar-refractivity contribution in [2.24, 2.45) is 5.73 Å². The lowest BCUT2D eigenvalue weighted by Gasteiger charge is -2.20. The Morgan fingerprint density at radius 2 is 1.50 bits per heavy atom. The highest BCUT2D eigenvalue weighted by molar-refractivity contribution is 6.00. The second kappa shape index (κ2) is 10.6. The highest BCUT2D eigenvalue weighted by Gasteiger charge is 2.24. The van der Waals surface area contributed by atoms with Crippen molar-refractivity contribution in [2.45, 2.75) is 31.3 Å². The lowest BCUT2D eigenvalue weighted by Crippen LogP contribution is -2.54. The topological polar surface area (TPSA) is 125 Å². The molecule has 0 aliphatic heterocycles. The second-order valence-corrected chi connectivity index (χ2v) is 6.35. The van der Waals surface area contributed by atoms with E-state index in [9.17, 15) is 14.4 Å². The van der Waals surface area contributed by atoms with Gasteiger partial charge in [0.15, 0.2) is 0 Å². The summed E-state index contributed by atoms with van der Waals surface area (Å²) in [5.74, 6) is -1.67. The maximum atomic E-state index is 12.6. The van der Waals surface area contributed by atoms with Crippen LogP contribution in [-0.4, -0.2) is 36.0 Å². The lowest BCUT2D eigenvalue weighted by molar-refractivity contribution is -0.130. The van der Waals surface area contributed by atoms with Gasteiger partial charge in [0.1, 0.15) is 12.1 Å². The quantitative estimate of drug-likeness (QED) is 0.459. The molecule has 2 atom stereocenters. The highest BCUT2D eigenvalue weighted by Crippen LogP contribution is 2.06. The molecule has 0 aromatic heterocycles. The minimum absolute atomic E-state index is 0.229. The fourth-order valence-electron chi connectivity index (χ4n) is 2.68. The number of aryl methyl sites for hydroxylation is 1. The number of primary amides is 1. The first-order chi connectivity index (χ1) is 13.5. The third-order valence-corrected chi connectivity index (χ3v) is 4.19. The normalized spacial score (nSPS) is 12.4. The summed E-state index contributed by atoms with van der Waals surface area (Å²) in [5, 5.41) is 12.3. The smallest absolute Gasteiger partial charge is 0.245 e. The predicted octanol–water partition coefficient (Wildman–Crippen LogP) is 0.966. The number of hydrogen-bond acceptors (Lipinski definition) is 4. The van der Waals surface area contributed by atoms with Crippen molar-refractivity contribution in [2.75, 3.05) is 0 Å². The van der Waals surface area contributed by atoms with Crippen molar-refractivity contribution in [1.29, 1.82) is 5.41 Å². The molecule has 28 heavy (non-hydrogen) atoms. The van der Waals surface area contributed by atoms with E-state index >= 15 is 0 Å². The molecule has 0 radical (unpaired) electrons. The molecule has 0 saturated heterocycles. The van der Waals surface area contributed by atoms with Crippen molar-refractivity contribution < 1.29 is 14.4 Å². The zero-order chi connectivity index (χ0) is 20.4. The van der Waals surface area contributed by atoms with E-state index < -0.39 is 23.9 Å². The van der Waals surface area contributed by atoms with E-state index in [1.54, 1.807) is 0 Å². The van der Waals surface area contributed by atoms with Crippen LogP contribution in [0.3, 0.4) is 0 Å². The van der Waals surface area contributed by atoms with Crippen LogP contribution < -0.4 is 16.4 Å². The zero-order valence-electron chi connectivity index (χ0n) is 15.4. The monoisotopic (exact) mass is 380 g/mol. The molecule has 0 aliphatic rings. The molecule has 2 aromatic rings. The van der Waals surface area contributed by atoms with Crippen molar-refractivity contribution in [3.8, 4) is 0 Å². The Balaban J connectivity index is 2.04. The van der Waals surface area contributed by atoms with Gasteiger partial charge in [-0.1, -0.05) is 60.7 Å². The molecule has 0 aliphatic carbocycles. The average Bonchev–Trinajstić information content (AvgIpc) is 2.71. The molecule has 0 bridgehead atoms. The molecule has 7 nitrogen and oxygen atoms in total. The van der Waals surface area contributed by atoms with E-state index in [2.05, 4.69) is 10.6 Å². The summed E-state index contributed by atoms with van der Waals surface area (Å²) >= 11 is 0. The summed E-state index contributed by atoms with van der Waals surface area (Å²) < 4.78 is 0. The molecule has 0 fully saturated rings. The second-order valence-electron chi connectivity index (χ2n) is 6.35. The van der Waals surface area contributed by atoms with Gasteiger partial charge in [0.05, 0.1) is 0 Å². The largest absolute Gasteiger partial charge is 0.368 e. The summed E-state index contributed by atoms with van der Waals surface area (Å²) in [7, 11) is 0. The van der Waals surface area contributed by atoms with E-state index in [-0.39, 0.29) is 18.7 Å². The number of carbonyl (C=O) groups excluding carboxylic acids is 3. The van der Waals surface area contributed by atoms with Crippen LogP contribution in [-0.2, 0) is 27.2 Å². The van der Waals surface area contributed by atoms with Crippen LogP contribution in [0.5, 0.6) is 0 Å². The van der Waals surface area contributed by atoms with Crippen LogP contribution in [0.25, 0.3) is 0 Å². The molecule has 0 heterocycles. The Labute approximate surface area is 163 Å². The van der Waals surface area contributed by atoms with Gasteiger partial charge in [-0.25, -0.2) is 0 Å². The van der Waals surface area contributed by atoms with Gasteiger partial charge in [0.2, 0.25) is 17.7 Å². The Morgan fingerprint density at radius 3 is 2.04 bits per heavy atom. The highest BCUT2D eigenvalue weighted by atomic mass is 16.2. The molecule has 0 spiro atoms. The molecule has 146 valence electrons. The Hall–Kier alpha value is -3.48. The van der Waals surface area contributed by atoms with Crippen molar-refractivity contribution in [3.63, 3.8) is 0 Å². The lowest BCUT2D eigenvalue weighted by atomic mass is 10.0.